The van der Waals surface area contributed by atoms with Crippen LogP contribution in [0.2, 0.25) is 0 Å². The minimum Gasteiger partial charge on any atom is -0.327 e. The fourth-order valence-electron chi connectivity index (χ4n) is 0.355. The monoisotopic (exact) mass is 176 g/mol. The normalized spacial score (nSPS) is 18.0. The Morgan fingerprint density at radius 3 is 0.833 bits per heavy atom. The first-order valence-electron chi connectivity index (χ1n) is 2.45. The molecule has 0 unspecified atom stereocenters. The third-order valence-corrected chi connectivity index (χ3v) is 0.667. The molecular weight excluding hydrogens is 176 g/mol. The highest BCUT2D eigenvalue weighted by atomic mass is 16.9. The summed E-state index contributed by atoms with van der Waals surface area (Å²) in [6.45, 7) is 0. The minimum absolute atomic E-state index is 1.63. The van der Waals surface area contributed by atoms with Gasteiger partial charge >= 0.3 is 24.6 Å². The molecule has 0 aliphatic carbocycles. The molecule has 8 heteroatoms. The molecule has 8 nitrogen and oxygen atoms in total. The Bertz CT molecular complexity index is 192. The van der Waals surface area contributed by atoms with Crippen LogP contribution in [0, 0.1) is 0 Å². The minimum atomic E-state index is -1.63. The first-order chi connectivity index (χ1) is 5.58. The number of rotatable bonds is 0. The molecule has 12 heavy (non-hydrogen) atoms. The maximum Gasteiger partial charge on any atom is 0.528 e. The first-order valence-corrected chi connectivity index (χ1v) is 2.45. The predicted octanol–water partition coefficient (Wildman–Crippen LogP) is 0.546. The second kappa shape index (κ2) is 2.86. The third-order valence-electron chi connectivity index (χ3n) is 0.667. The molecule has 0 radical (unpaired) electrons. The highest BCUT2D eigenvalue weighted by molar-refractivity contribution is 5.93. The molecule has 0 bridgehead atoms. The van der Waals surface area contributed by atoms with E-state index in [4.69, 9.17) is 0 Å². The smallest absolute Gasteiger partial charge is 0.327 e. The van der Waals surface area contributed by atoms with E-state index >= 15 is 0 Å². The van der Waals surface area contributed by atoms with Gasteiger partial charge < -0.3 is 18.9 Å². The first kappa shape index (κ1) is 7.98. The molecule has 1 aliphatic rings. The standard InChI is InChI=1S/C4O8/c5-1-9-2(6)11-4(8)12-3(7)10-1. The number of carbonyl (C=O) groups is 4. The number of hydrogen-bond acceptors (Lipinski definition) is 8. The lowest BCUT2D eigenvalue weighted by Crippen LogP contribution is -2.27. The van der Waals surface area contributed by atoms with Crippen LogP contribution >= 0.6 is 0 Å². The molecule has 0 aromatic heterocycles. The fraction of sp³-hybridized carbons (Fsp3) is 0. The summed E-state index contributed by atoms with van der Waals surface area (Å²) in [5.74, 6) is 0. The zero-order valence-electron chi connectivity index (χ0n) is 5.27. The molecule has 1 fully saturated rings. The Morgan fingerprint density at radius 2 is 0.667 bits per heavy atom. The summed E-state index contributed by atoms with van der Waals surface area (Å²) in [5.41, 5.74) is 0. The van der Waals surface area contributed by atoms with Crippen molar-refractivity contribution < 1.29 is 38.1 Å². The van der Waals surface area contributed by atoms with Crippen molar-refractivity contribution in [2.75, 3.05) is 0 Å². The second-order valence-electron chi connectivity index (χ2n) is 1.41. The van der Waals surface area contributed by atoms with E-state index in [0.29, 0.717) is 0 Å². The van der Waals surface area contributed by atoms with E-state index < -0.39 is 24.6 Å². The molecule has 0 spiro atoms. The molecule has 0 saturated carbocycles. The van der Waals surface area contributed by atoms with Gasteiger partial charge in [0.15, 0.2) is 0 Å². The average Bonchev–Trinajstić information content (AvgIpc) is 1.81. The highest BCUT2D eigenvalue weighted by Crippen LogP contribution is 2.00. The van der Waals surface area contributed by atoms with Gasteiger partial charge in [-0.1, -0.05) is 0 Å². The van der Waals surface area contributed by atoms with Gasteiger partial charge in [0.1, 0.15) is 0 Å². The molecule has 0 aromatic rings. The quantitative estimate of drug-likeness (QED) is 0.389. The Hall–Kier alpha value is -2.12. The number of carbonyl (C=O) groups excluding carboxylic acids is 4. The molecule has 64 valence electrons. The van der Waals surface area contributed by atoms with Crippen LogP contribution in [-0.4, -0.2) is 24.6 Å². The molecule has 1 rings (SSSR count). The predicted molar refractivity (Wildman–Crippen MR) is 25.9 cm³/mol. The molecule has 0 atom stereocenters. The van der Waals surface area contributed by atoms with Gasteiger partial charge in [-0.15, -0.1) is 0 Å². The largest absolute Gasteiger partial charge is 0.528 e. The van der Waals surface area contributed by atoms with Crippen LogP contribution in [0.25, 0.3) is 0 Å². The topological polar surface area (TPSA) is 105 Å². The van der Waals surface area contributed by atoms with Crippen molar-refractivity contribution >= 4 is 24.6 Å². The lowest BCUT2D eigenvalue weighted by Gasteiger charge is -2.05. The van der Waals surface area contributed by atoms with E-state index in [1.54, 1.807) is 0 Å². The van der Waals surface area contributed by atoms with Gasteiger partial charge in [-0.3, -0.25) is 0 Å². The van der Waals surface area contributed by atoms with E-state index in [1.807, 2.05) is 0 Å². The van der Waals surface area contributed by atoms with Crippen molar-refractivity contribution in [3.63, 3.8) is 0 Å². The van der Waals surface area contributed by atoms with E-state index in [0.717, 1.165) is 0 Å². The molecule has 0 aromatic carbocycles. The van der Waals surface area contributed by atoms with Crippen LogP contribution < -0.4 is 0 Å². The SMILES string of the molecule is O=C1OC(=O)OC(=O)OC(=O)O1. The molecule has 1 aliphatic heterocycles. The van der Waals surface area contributed by atoms with E-state index in [9.17, 15) is 19.2 Å². The summed E-state index contributed by atoms with van der Waals surface area (Å²) in [5, 5.41) is 0. The van der Waals surface area contributed by atoms with Crippen LogP contribution in [0.3, 0.4) is 0 Å². The number of ether oxygens (including phenoxy) is 4. The van der Waals surface area contributed by atoms with Crippen molar-refractivity contribution in [2.45, 2.75) is 0 Å². The Morgan fingerprint density at radius 1 is 0.500 bits per heavy atom. The summed E-state index contributed by atoms with van der Waals surface area (Å²) in [6, 6.07) is 0. The van der Waals surface area contributed by atoms with Crippen molar-refractivity contribution in [1.29, 1.82) is 0 Å². The van der Waals surface area contributed by atoms with Gasteiger partial charge in [-0.2, -0.15) is 0 Å². The van der Waals surface area contributed by atoms with Gasteiger partial charge in [0.2, 0.25) is 0 Å². The van der Waals surface area contributed by atoms with Crippen molar-refractivity contribution in [2.24, 2.45) is 0 Å². The van der Waals surface area contributed by atoms with Crippen LogP contribution in [0.1, 0.15) is 0 Å². The van der Waals surface area contributed by atoms with Gasteiger partial charge in [-0.05, 0) is 0 Å². The van der Waals surface area contributed by atoms with Crippen LogP contribution in [0.4, 0.5) is 19.2 Å². The van der Waals surface area contributed by atoms with Crippen molar-refractivity contribution in [3.05, 3.63) is 0 Å². The maximum atomic E-state index is 10.2. The van der Waals surface area contributed by atoms with Crippen LogP contribution in [0.15, 0.2) is 0 Å². The zero-order valence-corrected chi connectivity index (χ0v) is 5.27. The van der Waals surface area contributed by atoms with Crippen LogP contribution in [-0.2, 0) is 18.9 Å². The van der Waals surface area contributed by atoms with E-state index in [2.05, 4.69) is 18.9 Å². The summed E-state index contributed by atoms with van der Waals surface area (Å²) in [4.78, 5) is 40.8. The molecule has 0 N–H and O–H groups in total. The average molecular weight is 176 g/mol. The van der Waals surface area contributed by atoms with Crippen molar-refractivity contribution in [3.8, 4) is 0 Å². The summed E-state index contributed by atoms with van der Waals surface area (Å²) >= 11 is 0. The Labute approximate surface area is 63.9 Å². The fourth-order valence-corrected chi connectivity index (χ4v) is 0.355. The maximum absolute atomic E-state index is 10.2. The van der Waals surface area contributed by atoms with Gasteiger partial charge in [-0.25, -0.2) is 19.2 Å². The summed E-state index contributed by atoms with van der Waals surface area (Å²) < 4.78 is 14.4. The lowest BCUT2D eigenvalue weighted by molar-refractivity contribution is 0.00864. The van der Waals surface area contributed by atoms with Crippen molar-refractivity contribution in [1.82, 2.24) is 0 Å². The van der Waals surface area contributed by atoms with Gasteiger partial charge in [0.05, 0.1) is 0 Å². The second-order valence-corrected chi connectivity index (χ2v) is 1.41. The highest BCUT2D eigenvalue weighted by Gasteiger charge is 2.28. The lowest BCUT2D eigenvalue weighted by atomic mass is 11.1. The van der Waals surface area contributed by atoms with E-state index in [1.165, 1.54) is 0 Å². The molecule has 1 heterocycles. The Balaban J connectivity index is 2.69. The molecular formula is C4O8. The van der Waals surface area contributed by atoms with Gasteiger partial charge in [0.25, 0.3) is 0 Å². The number of hydrogen-bond donors (Lipinski definition) is 0. The number of cyclic esters (lactones) is 8. The zero-order chi connectivity index (χ0) is 9.14. The van der Waals surface area contributed by atoms with E-state index in [-0.39, 0.29) is 0 Å². The molecule has 1 saturated heterocycles. The summed E-state index contributed by atoms with van der Waals surface area (Å²) in [6.07, 6.45) is -6.51. The van der Waals surface area contributed by atoms with Gasteiger partial charge in [0, 0.05) is 0 Å². The third kappa shape index (κ3) is 1.94. The summed E-state index contributed by atoms with van der Waals surface area (Å²) in [7, 11) is 0. The Kier molecular flexibility index (Phi) is 1.90. The van der Waals surface area contributed by atoms with Crippen LogP contribution in [0.5, 0.6) is 0 Å². The molecule has 0 amide bonds.